The number of benzene rings is 1. The van der Waals surface area contributed by atoms with Crippen LogP contribution in [-0.2, 0) is 14.8 Å². The van der Waals surface area contributed by atoms with E-state index < -0.39 is 10.0 Å². The third-order valence-electron chi connectivity index (χ3n) is 5.19. The van der Waals surface area contributed by atoms with Gasteiger partial charge in [-0.15, -0.1) is 0 Å². The first kappa shape index (κ1) is 20.5. The number of sulfonamides is 1. The van der Waals surface area contributed by atoms with Gasteiger partial charge < -0.3 is 9.42 Å². The van der Waals surface area contributed by atoms with E-state index in [1.807, 2.05) is 38.1 Å². The molecule has 152 valence electrons. The molecule has 1 saturated heterocycles. The number of aryl methyl sites for hydroxylation is 3. The highest BCUT2D eigenvalue weighted by Crippen LogP contribution is 2.29. The third-order valence-corrected chi connectivity index (χ3v) is 7.30. The lowest BCUT2D eigenvalue weighted by Crippen LogP contribution is -2.47. The molecule has 2 aromatic rings. The van der Waals surface area contributed by atoms with Gasteiger partial charge in [-0.25, -0.2) is 8.42 Å². The van der Waals surface area contributed by atoms with Gasteiger partial charge in [0.05, 0.1) is 5.92 Å². The van der Waals surface area contributed by atoms with Crippen LogP contribution in [0.15, 0.2) is 33.7 Å². The maximum atomic E-state index is 13.2. The molecule has 3 rings (SSSR count). The van der Waals surface area contributed by atoms with Crippen molar-refractivity contribution in [3.63, 3.8) is 0 Å². The van der Waals surface area contributed by atoms with E-state index >= 15 is 0 Å². The molecule has 28 heavy (non-hydrogen) atoms. The van der Waals surface area contributed by atoms with Crippen molar-refractivity contribution in [2.75, 3.05) is 24.5 Å². The van der Waals surface area contributed by atoms with Gasteiger partial charge in [0.15, 0.2) is 5.76 Å². The molecule has 0 N–H and O–H groups in total. The van der Waals surface area contributed by atoms with Crippen molar-refractivity contribution >= 4 is 21.6 Å². The molecular weight excluding hydrogens is 378 g/mol. The van der Waals surface area contributed by atoms with Crippen LogP contribution in [-0.4, -0.2) is 43.4 Å². The molecule has 1 unspecified atom stereocenters. The summed E-state index contributed by atoms with van der Waals surface area (Å²) in [6, 6.07) is 7.80. The fraction of sp³-hybridized carbons (Fsp3) is 0.500. The molecular formula is C20H27N3O4S. The third kappa shape index (κ3) is 3.84. The minimum absolute atomic E-state index is 0.0354. The molecule has 0 aliphatic carbocycles. The summed E-state index contributed by atoms with van der Waals surface area (Å²) in [5, 5.41) is 3.76. The molecule has 1 fully saturated rings. The number of hydrogen-bond acceptors (Lipinski definition) is 5. The Bertz CT molecular complexity index is 948. The second-order valence-electron chi connectivity index (χ2n) is 7.28. The average Bonchev–Trinajstić information content (AvgIpc) is 3.01. The largest absolute Gasteiger partial charge is 0.360 e. The van der Waals surface area contributed by atoms with Crippen molar-refractivity contribution in [2.24, 2.45) is 5.92 Å². The van der Waals surface area contributed by atoms with Gasteiger partial charge in [0.2, 0.25) is 15.9 Å². The number of aromatic nitrogens is 1. The van der Waals surface area contributed by atoms with Crippen molar-refractivity contribution in [2.45, 2.75) is 45.4 Å². The summed E-state index contributed by atoms with van der Waals surface area (Å²) < 4.78 is 32.7. The number of hydrogen-bond donors (Lipinski definition) is 0. The Balaban J connectivity index is 1.83. The number of rotatable bonds is 5. The number of nitrogens with zero attached hydrogens (tertiary/aromatic N) is 3. The smallest absolute Gasteiger partial charge is 0.248 e. The summed E-state index contributed by atoms with van der Waals surface area (Å²) in [6.45, 7) is 8.24. The minimum Gasteiger partial charge on any atom is -0.360 e. The van der Waals surface area contributed by atoms with Gasteiger partial charge in [0.25, 0.3) is 0 Å². The molecule has 7 nitrogen and oxygen atoms in total. The maximum Gasteiger partial charge on any atom is 0.248 e. The summed E-state index contributed by atoms with van der Waals surface area (Å²) in [7, 11) is -3.74. The molecule has 0 spiro atoms. The summed E-state index contributed by atoms with van der Waals surface area (Å²) >= 11 is 0. The van der Waals surface area contributed by atoms with Crippen molar-refractivity contribution in [1.82, 2.24) is 9.46 Å². The highest BCUT2D eigenvalue weighted by molar-refractivity contribution is 7.89. The van der Waals surface area contributed by atoms with E-state index in [9.17, 15) is 13.2 Å². The Labute approximate surface area is 166 Å². The van der Waals surface area contributed by atoms with E-state index in [2.05, 4.69) is 5.16 Å². The topological polar surface area (TPSA) is 83.7 Å². The lowest BCUT2D eigenvalue weighted by molar-refractivity contribution is -0.123. The molecule has 1 aliphatic rings. The summed E-state index contributed by atoms with van der Waals surface area (Å²) in [5.74, 6) is -0.128. The monoisotopic (exact) mass is 405 g/mol. The number of carbonyl (C=O) groups excluding carboxylic acids is 1. The number of amides is 1. The van der Waals surface area contributed by atoms with E-state index in [1.165, 1.54) is 4.31 Å². The van der Waals surface area contributed by atoms with Gasteiger partial charge in [0, 0.05) is 25.3 Å². The second kappa shape index (κ2) is 8.05. The van der Waals surface area contributed by atoms with E-state index in [1.54, 1.807) is 18.7 Å². The minimum atomic E-state index is -3.74. The predicted molar refractivity (Wildman–Crippen MR) is 107 cm³/mol. The standard InChI is InChI=1S/C20H27N3O4S/c1-5-23(18-10-6-8-14(2)12-18)20(24)17-9-7-11-22(13-17)28(25,26)19-15(3)21-27-16(19)4/h6,8,10,12,17H,5,7,9,11,13H2,1-4H3. The van der Waals surface area contributed by atoms with Crippen LogP contribution in [0.4, 0.5) is 5.69 Å². The number of carbonyl (C=O) groups is 1. The van der Waals surface area contributed by atoms with E-state index in [0.717, 1.165) is 11.3 Å². The Kier molecular flexibility index (Phi) is 5.90. The zero-order valence-corrected chi connectivity index (χ0v) is 17.6. The maximum absolute atomic E-state index is 13.2. The normalized spacial score (nSPS) is 18.2. The Morgan fingerprint density at radius 1 is 1.32 bits per heavy atom. The first-order valence-corrected chi connectivity index (χ1v) is 11.0. The molecule has 0 bridgehead atoms. The van der Waals surface area contributed by atoms with Crippen molar-refractivity contribution in [3.8, 4) is 0 Å². The van der Waals surface area contributed by atoms with Crippen LogP contribution in [0.1, 0.15) is 36.8 Å². The van der Waals surface area contributed by atoms with Crippen LogP contribution in [0, 0.1) is 26.7 Å². The van der Waals surface area contributed by atoms with Gasteiger partial charge in [-0.2, -0.15) is 4.31 Å². The van der Waals surface area contributed by atoms with E-state index in [-0.39, 0.29) is 29.0 Å². The average molecular weight is 406 g/mol. The Morgan fingerprint density at radius 2 is 2.07 bits per heavy atom. The van der Waals surface area contributed by atoms with Crippen molar-refractivity contribution in [1.29, 1.82) is 0 Å². The Hall–Kier alpha value is -2.19. The Morgan fingerprint density at radius 3 is 2.68 bits per heavy atom. The zero-order valence-electron chi connectivity index (χ0n) is 16.8. The van der Waals surface area contributed by atoms with Gasteiger partial charge in [-0.3, -0.25) is 4.79 Å². The zero-order chi connectivity index (χ0) is 20.5. The van der Waals surface area contributed by atoms with Crippen molar-refractivity contribution < 1.29 is 17.7 Å². The van der Waals surface area contributed by atoms with Crippen LogP contribution < -0.4 is 4.90 Å². The molecule has 1 aromatic carbocycles. The van der Waals surface area contributed by atoms with Crippen LogP contribution in [0.3, 0.4) is 0 Å². The fourth-order valence-corrected chi connectivity index (χ4v) is 5.63. The van der Waals surface area contributed by atoms with Gasteiger partial charge in [0.1, 0.15) is 10.6 Å². The SMILES string of the molecule is CCN(C(=O)C1CCCN(S(=O)(=O)c2c(C)noc2C)C1)c1cccc(C)c1. The van der Waals surface area contributed by atoms with Crippen LogP contribution in [0.25, 0.3) is 0 Å². The van der Waals surface area contributed by atoms with Crippen LogP contribution in [0.5, 0.6) is 0 Å². The van der Waals surface area contributed by atoms with Gasteiger partial charge in [-0.05, 0) is 58.2 Å². The molecule has 8 heteroatoms. The van der Waals surface area contributed by atoms with E-state index in [0.29, 0.717) is 31.6 Å². The predicted octanol–water partition coefficient (Wildman–Crippen LogP) is 3.05. The highest BCUT2D eigenvalue weighted by Gasteiger charge is 2.37. The molecule has 0 saturated carbocycles. The van der Waals surface area contributed by atoms with Crippen LogP contribution in [0.2, 0.25) is 0 Å². The number of anilines is 1. The molecule has 1 aromatic heterocycles. The summed E-state index contributed by atoms with van der Waals surface area (Å²) in [5.41, 5.74) is 2.27. The fourth-order valence-electron chi connectivity index (χ4n) is 3.82. The number of piperidine rings is 1. The lowest BCUT2D eigenvalue weighted by atomic mass is 9.97. The first-order valence-electron chi connectivity index (χ1n) is 9.56. The molecule has 0 radical (unpaired) electrons. The summed E-state index contributed by atoms with van der Waals surface area (Å²) in [4.78, 5) is 15.1. The lowest BCUT2D eigenvalue weighted by Gasteiger charge is -2.34. The van der Waals surface area contributed by atoms with Crippen LogP contribution >= 0.6 is 0 Å². The second-order valence-corrected chi connectivity index (χ2v) is 9.15. The molecule has 1 amide bonds. The van der Waals surface area contributed by atoms with Crippen molar-refractivity contribution in [3.05, 3.63) is 41.3 Å². The molecule has 2 heterocycles. The molecule has 1 aliphatic heterocycles. The van der Waals surface area contributed by atoms with Gasteiger partial charge in [-0.1, -0.05) is 17.3 Å². The highest BCUT2D eigenvalue weighted by atomic mass is 32.2. The van der Waals surface area contributed by atoms with E-state index in [4.69, 9.17) is 4.52 Å². The first-order chi connectivity index (χ1) is 13.3. The summed E-state index contributed by atoms with van der Waals surface area (Å²) in [6.07, 6.45) is 1.32. The molecule has 1 atom stereocenters. The van der Waals surface area contributed by atoms with Gasteiger partial charge >= 0.3 is 0 Å². The quantitative estimate of drug-likeness (QED) is 0.763.